The van der Waals surface area contributed by atoms with Crippen molar-refractivity contribution in [2.24, 2.45) is 10.8 Å². The van der Waals surface area contributed by atoms with Gasteiger partial charge in [-0.3, -0.25) is 0 Å². The van der Waals surface area contributed by atoms with Gasteiger partial charge >= 0.3 is 0 Å². The molecule has 0 nitrogen and oxygen atoms in total. The van der Waals surface area contributed by atoms with Crippen LogP contribution in [0.5, 0.6) is 0 Å². The van der Waals surface area contributed by atoms with Gasteiger partial charge in [0.05, 0.1) is 0 Å². The molecule has 2 atom stereocenters. The lowest BCUT2D eigenvalue weighted by Gasteiger charge is -2.46. The molecule has 4 aromatic carbocycles. The molecule has 0 heteroatoms. The molecule has 0 aromatic heterocycles. The quantitative estimate of drug-likeness (QED) is 0.221. The van der Waals surface area contributed by atoms with E-state index in [-0.39, 0.29) is 21.7 Å². The van der Waals surface area contributed by atoms with Crippen molar-refractivity contribution in [3.05, 3.63) is 112 Å². The molecule has 0 saturated heterocycles. The number of hydrogen-bond donors (Lipinski definition) is 0. The van der Waals surface area contributed by atoms with Gasteiger partial charge in [0.1, 0.15) is 0 Å². The fourth-order valence-corrected chi connectivity index (χ4v) is 9.87. The molecule has 0 N–H and O–H groups in total. The Labute approximate surface area is 253 Å². The first-order chi connectivity index (χ1) is 19.8. The Bertz CT molecular complexity index is 1840. The van der Waals surface area contributed by atoms with Crippen molar-refractivity contribution in [2.45, 2.75) is 104 Å². The summed E-state index contributed by atoms with van der Waals surface area (Å²) in [5.74, 6) is 0.662. The first-order valence-corrected chi connectivity index (χ1v) is 16.4. The summed E-state index contributed by atoms with van der Waals surface area (Å²) < 4.78 is 0. The van der Waals surface area contributed by atoms with Gasteiger partial charge in [-0.2, -0.15) is 0 Å². The van der Waals surface area contributed by atoms with E-state index in [2.05, 4.69) is 128 Å². The van der Waals surface area contributed by atoms with E-state index in [1.807, 2.05) is 0 Å². The zero-order chi connectivity index (χ0) is 29.4. The third-order valence-corrected chi connectivity index (χ3v) is 12.2. The molecule has 4 aliphatic rings. The molecule has 0 radical (unpaired) electrons. The minimum absolute atomic E-state index is 0.150. The van der Waals surface area contributed by atoms with Crippen LogP contribution in [0.15, 0.2) is 78.4 Å². The van der Waals surface area contributed by atoms with E-state index in [1.54, 1.807) is 39.0 Å². The van der Waals surface area contributed by atoms with Crippen molar-refractivity contribution in [3.8, 4) is 11.1 Å². The Morgan fingerprint density at radius 1 is 0.500 bits per heavy atom. The lowest BCUT2D eigenvalue weighted by molar-refractivity contribution is 0.281. The minimum Gasteiger partial charge on any atom is -0.0619 e. The summed E-state index contributed by atoms with van der Waals surface area (Å²) in [5, 5.41) is 2.80. The molecular formula is C42H46. The van der Waals surface area contributed by atoms with Gasteiger partial charge < -0.3 is 0 Å². The van der Waals surface area contributed by atoms with Gasteiger partial charge in [0.25, 0.3) is 0 Å². The van der Waals surface area contributed by atoms with Crippen LogP contribution in [-0.4, -0.2) is 0 Å². The summed E-state index contributed by atoms with van der Waals surface area (Å²) in [6.07, 6.45) is 4.99. The molecule has 8 rings (SSSR count). The van der Waals surface area contributed by atoms with Gasteiger partial charge in [-0.05, 0) is 108 Å². The Balaban J connectivity index is 1.54. The summed E-state index contributed by atoms with van der Waals surface area (Å²) in [7, 11) is 0. The van der Waals surface area contributed by atoms with Crippen LogP contribution in [0, 0.1) is 10.8 Å². The average molecular weight is 551 g/mol. The molecular weight excluding hydrogens is 504 g/mol. The van der Waals surface area contributed by atoms with Gasteiger partial charge in [0.2, 0.25) is 0 Å². The molecule has 2 unspecified atom stereocenters. The van der Waals surface area contributed by atoms with Crippen molar-refractivity contribution >= 4 is 16.3 Å². The number of benzene rings is 4. The van der Waals surface area contributed by atoms with E-state index in [0.29, 0.717) is 11.8 Å². The van der Waals surface area contributed by atoms with Crippen LogP contribution in [-0.2, 0) is 10.8 Å². The predicted octanol–water partition coefficient (Wildman–Crippen LogP) is 11.7. The molecule has 214 valence electrons. The van der Waals surface area contributed by atoms with Gasteiger partial charge in [0, 0.05) is 11.8 Å². The minimum atomic E-state index is 0.150. The van der Waals surface area contributed by atoms with Crippen LogP contribution in [0.1, 0.15) is 126 Å². The SMILES string of the molecule is CC1(C)CCC(C)(C)C2=C1c1ccc3c(c1C2C1c2ccccc2-c2ccc4ccccc4c21)C(C)(C)CCC3(C)C. The Morgan fingerprint density at radius 3 is 1.95 bits per heavy atom. The summed E-state index contributed by atoms with van der Waals surface area (Å²) in [6, 6.07) is 28.4. The second kappa shape index (κ2) is 8.28. The standard InChI is InChI=1S/C42H46/c1-39(2)21-22-41(5,6)37-31(39)20-19-30-34(37)35(38-36(30)40(3,4)23-24-42(38,7)8)33-28-16-12-11-15-27(28)29-18-17-25-13-9-10-14-26(25)32(29)33/h9-20,33,35H,21-24H2,1-8H3. The molecule has 0 aliphatic heterocycles. The van der Waals surface area contributed by atoms with Gasteiger partial charge in [0.15, 0.2) is 0 Å². The maximum Gasteiger partial charge on any atom is 0.0215 e. The van der Waals surface area contributed by atoms with Crippen LogP contribution in [0.2, 0.25) is 0 Å². The van der Waals surface area contributed by atoms with Gasteiger partial charge in [-0.25, -0.2) is 0 Å². The monoisotopic (exact) mass is 550 g/mol. The van der Waals surface area contributed by atoms with E-state index in [9.17, 15) is 0 Å². The lowest BCUT2D eigenvalue weighted by Crippen LogP contribution is -2.36. The van der Waals surface area contributed by atoms with Crippen molar-refractivity contribution in [1.29, 1.82) is 0 Å². The van der Waals surface area contributed by atoms with E-state index in [1.165, 1.54) is 53.1 Å². The lowest BCUT2D eigenvalue weighted by atomic mass is 9.58. The fourth-order valence-electron chi connectivity index (χ4n) is 9.87. The topological polar surface area (TPSA) is 0 Å². The average Bonchev–Trinajstić information content (AvgIpc) is 3.48. The predicted molar refractivity (Wildman–Crippen MR) is 179 cm³/mol. The van der Waals surface area contributed by atoms with Crippen LogP contribution < -0.4 is 0 Å². The third kappa shape index (κ3) is 3.36. The molecule has 4 aliphatic carbocycles. The molecule has 0 spiro atoms. The Hall–Kier alpha value is -3.12. The van der Waals surface area contributed by atoms with Crippen LogP contribution >= 0.6 is 0 Å². The molecule has 0 saturated carbocycles. The molecule has 0 heterocycles. The summed E-state index contributed by atoms with van der Waals surface area (Å²) in [5.41, 5.74) is 16.6. The summed E-state index contributed by atoms with van der Waals surface area (Å²) in [4.78, 5) is 0. The molecule has 0 fully saturated rings. The molecule has 4 aromatic rings. The summed E-state index contributed by atoms with van der Waals surface area (Å²) in [6.45, 7) is 20.2. The molecule has 42 heavy (non-hydrogen) atoms. The smallest absolute Gasteiger partial charge is 0.0215 e. The first kappa shape index (κ1) is 26.5. The highest BCUT2D eigenvalue weighted by Crippen LogP contribution is 2.69. The van der Waals surface area contributed by atoms with Crippen molar-refractivity contribution in [1.82, 2.24) is 0 Å². The molecule has 0 amide bonds. The van der Waals surface area contributed by atoms with Crippen LogP contribution in [0.4, 0.5) is 0 Å². The maximum absolute atomic E-state index is 2.57. The van der Waals surface area contributed by atoms with Crippen molar-refractivity contribution in [3.63, 3.8) is 0 Å². The number of hydrogen-bond acceptors (Lipinski definition) is 0. The maximum atomic E-state index is 2.57. The van der Waals surface area contributed by atoms with Crippen LogP contribution in [0.3, 0.4) is 0 Å². The van der Waals surface area contributed by atoms with Gasteiger partial charge in [-0.1, -0.05) is 134 Å². The Morgan fingerprint density at radius 2 is 1.14 bits per heavy atom. The Kier molecular flexibility index (Phi) is 5.23. The van der Waals surface area contributed by atoms with E-state index >= 15 is 0 Å². The normalized spacial score (nSPS) is 25.4. The van der Waals surface area contributed by atoms with Crippen molar-refractivity contribution in [2.75, 3.05) is 0 Å². The first-order valence-electron chi connectivity index (χ1n) is 16.4. The number of allylic oxidation sites excluding steroid dienone is 2. The summed E-state index contributed by atoms with van der Waals surface area (Å²) >= 11 is 0. The second-order valence-electron chi connectivity index (χ2n) is 16.6. The van der Waals surface area contributed by atoms with Crippen molar-refractivity contribution < 1.29 is 0 Å². The zero-order valence-electron chi connectivity index (χ0n) is 26.9. The largest absolute Gasteiger partial charge is 0.0619 e. The number of rotatable bonds is 1. The third-order valence-electron chi connectivity index (χ3n) is 12.2. The highest BCUT2D eigenvalue weighted by molar-refractivity contribution is 5.98. The van der Waals surface area contributed by atoms with E-state index in [0.717, 1.165) is 0 Å². The van der Waals surface area contributed by atoms with Gasteiger partial charge in [-0.15, -0.1) is 0 Å². The van der Waals surface area contributed by atoms with E-state index < -0.39 is 0 Å². The number of fused-ring (bicyclic) bond motifs is 9. The van der Waals surface area contributed by atoms with E-state index in [4.69, 9.17) is 0 Å². The van der Waals surface area contributed by atoms with Crippen LogP contribution in [0.25, 0.3) is 27.5 Å². The fraction of sp³-hybridized carbons (Fsp3) is 0.429. The molecule has 0 bridgehead atoms. The second-order valence-corrected chi connectivity index (χ2v) is 16.6. The highest BCUT2D eigenvalue weighted by Gasteiger charge is 2.54. The highest BCUT2D eigenvalue weighted by atomic mass is 14.6. The zero-order valence-corrected chi connectivity index (χ0v) is 26.9.